The fourth-order valence-electron chi connectivity index (χ4n) is 2.72. The number of hydrogen-bond donors (Lipinski definition) is 2. The topological polar surface area (TPSA) is 96.6 Å². The summed E-state index contributed by atoms with van der Waals surface area (Å²) in [5, 5.41) is 10.7. The van der Waals surface area contributed by atoms with Gasteiger partial charge in [-0.3, -0.25) is 14.7 Å². The van der Waals surface area contributed by atoms with Crippen LogP contribution in [0.3, 0.4) is 0 Å². The van der Waals surface area contributed by atoms with Gasteiger partial charge < -0.3 is 19.7 Å². The Kier molecular flexibility index (Phi) is 5.30. The first-order valence-electron chi connectivity index (χ1n) is 8.19. The molecule has 3 rings (SSSR count). The van der Waals surface area contributed by atoms with E-state index in [0.29, 0.717) is 25.3 Å². The smallest absolute Gasteiger partial charge is 0.272 e. The number of nitrogens with zero attached hydrogens (tertiary/aromatic N) is 2. The van der Waals surface area contributed by atoms with Crippen LogP contribution in [0, 0.1) is 0 Å². The molecule has 1 fully saturated rings. The lowest BCUT2D eigenvalue weighted by molar-refractivity contribution is -0.140. The summed E-state index contributed by atoms with van der Waals surface area (Å²) >= 11 is 0. The number of carbonyl (C=O) groups excluding carboxylic acids is 2. The zero-order chi connectivity index (χ0) is 17.8. The molecule has 1 aliphatic heterocycles. The normalized spacial score (nSPS) is 20.4. The van der Waals surface area contributed by atoms with Crippen LogP contribution in [-0.4, -0.2) is 73.0 Å². The van der Waals surface area contributed by atoms with Crippen molar-refractivity contribution in [3.8, 4) is 0 Å². The number of benzene rings is 1. The summed E-state index contributed by atoms with van der Waals surface area (Å²) in [5.41, 5.74) is 1.16. The summed E-state index contributed by atoms with van der Waals surface area (Å²) in [5.74, 6) is -0.397. The first kappa shape index (κ1) is 17.4. The van der Waals surface area contributed by atoms with Crippen molar-refractivity contribution in [2.45, 2.75) is 18.6 Å². The number of hydrogen-bond acceptors (Lipinski definition) is 5. The molecular formula is C17H22N4O4. The van der Waals surface area contributed by atoms with Crippen LogP contribution >= 0.6 is 0 Å². The zero-order valence-electron chi connectivity index (χ0n) is 14.3. The van der Waals surface area contributed by atoms with Gasteiger partial charge in [-0.1, -0.05) is 18.2 Å². The second kappa shape index (κ2) is 7.62. The number of aromatic nitrogens is 2. The zero-order valence-corrected chi connectivity index (χ0v) is 14.3. The molecule has 134 valence electrons. The molecule has 2 aromatic rings. The molecule has 1 aliphatic rings. The van der Waals surface area contributed by atoms with Gasteiger partial charge in [-0.15, -0.1) is 0 Å². The van der Waals surface area contributed by atoms with Crippen LogP contribution in [-0.2, 0) is 14.3 Å². The molecule has 8 heteroatoms. The minimum atomic E-state index is -0.369. The Morgan fingerprint density at radius 2 is 2.20 bits per heavy atom. The average Bonchev–Trinajstić information content (AvgIpc) is 3.04. The highest BCUT2D eigenvalue weighted by atomic mass is 16.5. The maximum atomic E-state index is 12.6. The van der Waals surface area contributed by atoms with Gasteiger partial charge in [0.15, 0.2) is 5.69 Å². The lowest BCUT2D eigenvalue weighted by Crippen LogP contribution is -2.50. The molecule has 2 atom stereocenters. The summed E-state index contributed by atoms with van der Waals surface area (Å²) < 4.78 is 11.1. The SMILES string of the molecule is CN(C)C(=O)CO[C@H]1COCC[C@@H]1NC(=O)c1n[nH]c2ccccc12. The molecule has 2 heterocycles. The third kappa shape index (κ3) is 3.97. The minimum absolute atomic E-state index is 0.0429. The summed E-state index contributed by atoms with van der Waals surface area (Å²) in [6.45, 7) is 0.833. The van der Waals surface area contributed by atoms with Crippen molar-refractivity contribution in [3.63, 3.8) is 0 Å². The highest BCUT2D eigenvalue weighted by Crippen LogP contribution is 2.17. The number of rotatable bonds is 5. The number of amides is 2. The lowest BCUT2D eigenvalue weighted by Gasteiger charge is -2.32. The molecule has 0 radical (unpaired) electrons. The molecule has 2 N–H and O–H groups in total. The molecule has 0 aliphatic carbocycles. The van der Waals surface area contributed by atoms with E-state index in [-0.39, 0.29) is 30.6 Å². The Morgan fingerprint density at radius 1 is 1.40 bits per heavy atom. The molecule has 0 saturated carbocycles. The molecule has 1 aromatic carbocycles. The maximum Gasteiger partial charge on any atom is 0.272 e. The largest absolute Gasteiger partial charge is 0.379 e. The Bertz CT molecular complexity index is 758. The first-order valence-corrected chi connectivity index (χ1v) is 8.19. The van der Waals surface area contributed by atoms with Crippen molar-refractivity contribution in [1.29, 1.82) is 0 Å². The molecule has 1 saturated heterocycles. The molecule has 25 heavy (non-hydrogen) atoms. The van der Waals surface area contributed by atoms with E-state index in [1.54, 1.807) is 14.1 Å². The quantitative estimate of drug-likeness (QED) is 0.824. The van der Waals surface area contributed by atoms with E-state index in [2.05, 4.69) is 15.5 Å². The van der Waals surface area contributed by atoms with Gasteiger partial charge in [-0.25, -0.2) is 0 Å². The third-order valence-electron chi connectivity index (χ3n) is 4.23. The Hall–Kier alpha value is -2.45. The first-order chi connectivity index (χ1) is 12.1. The second-order valence-electron chi connectivity index (χ2n) is 6.20. The van der Waals surface area contributed by atoms with Crippen LogP contribution in [0.15, 0.2) is 24.3 Å². The minimum Gasteiger partial charge on any atom is -0.379 e. The molecular weight excluding hydrogens is 324 g/mol. The van der Waals surface area contributed by atoms with Crippen LogP contribution < -0.4 is 5.32 Å². The number of ether oxygens (including phenoxy) is 2. The van der Waals surface area contributed by atoms with Crippen LogP contribution in [0.25, 0.3) is 10.9 Å². The standard InChI is InChI=1S/C17H22N4O4/c1-21(2)15(22)10-25-14-9-24-8-7-13(14)18-17(23)16-11-5-3-4-6-12(11)19-20-16/h3-6,13-14H,7-10H2,1-2H3,(H,18,23)(H,19,20)/t13-,14-/m0/s1. The Balaban J connectivity index is 1.66. The number of para-hydroxylation sites is 1. The number of nitrogens with one attached hydrogen (secondary N) is 2. The van der Waals surface area contributed by atoms with Crippen LogP contribution in [0.4, 0.5) is 0 Å². The molecule has 1 aromatic heterocycles. The lowest BCUT2D eigenvalue weighted by atomic mass is 10.1. The van der Waals surface area contributed by atoms with E-state index >= 15 is 0 Å². The molecule has 8 nitrogen and oxygen atoms in total. The van der Waals surface area contributed by atoms with Gasteiger partial charge in [0.2, 0.25) is 5.91 Å². The predicted molar refractivity (Wildman–Crippen MR) is 91.2 cm³/mol. The van der Waals surface area contributed by atoms with Gasteiger partial charge in [-0.05, 0) is 12.5 Å². The van der Waals surface area contributed by atoms with Crippen molar-refractivity contribution < 1.29 is 19.1 Å². The molecule has 0 spiro atoms. The third-order valence-corrected chi connectivity index (χ3v) is 4.23. The van der Waals surface area contributed by atoms with Gasteiger partial charge in [0, 0.05) is 26.1 Å². The van der Waals surface area contributed by atoms with Crippen molar-refractivity contribution in [2.24, 2.45) is 0 Å². The highest BCUT2D eigenvalue weighted by Gasteiger charge is 2.30. The second-order valence-corrected chi connectivity index (χ2v) is 6.20. The molecule has 0 unspecified atom stereocenters. The number of carbonyl (C=O) groups is 2. The van der Waals surface area contributed by atoms with E-state index in [9.17, 15) is 9.59 Å². The monoisotopic (exact) mass is 346 g/mol. The van der Waals surface area contributed by atoms with E-state index in [0.717, 1.165) is 10.9 Å². The van der Waals surface area contributed by atoms with Crippen molar-refractivity contribution in [2.75, 3.05) is 33.9 Å². The Labute approximate surface area is 145 Å². The fraction of sp³-hybridized carbons (Fsp3) is 0.471. The van der Waals surface area contributed by atoms with Crippen LogP contribution in [0.2, 0.25) is 0 Å². The molecule has 0 bridgehead atoms. The molecule has 2 amide bonds. The highest BCUT2D eigenvalue weighted by molar-refractivity contribution is 6.04. The summed E-state index contributed by atoms with van der Waals surface area (Å²) in [6, 6.07) is 7.23. The van der Waals surface area contributed by atoms with Crippen molar-refractivity contribution in [3.05, 3.63) is 30.0 Å². The number of fused-ring (bicyclic) bond motifs is 1. The van der Waals surface area contributed by atoms with E-state index < -0.39 is 0 Å². The van der Waals surface area contributed by atoms with E-state index in [1.165, 1.54) is 4.90 Å². The number of likely N-dealkylation sites (N-methyl/N-ethyl adjacent to an activating group) is 1. The Morgan fingerprint density at radius 3 is 3.00 bits per heavy atom. The van der Waals surface area contributed by atoms with E-state index in [1.807, 2.05) is 24.3 Å². The van der Waals surface area contributed by atoms with Crippen LogP contribution in [0.5, 0.6) is 0 Å². The number of aromatic amines is 1. The fourth-order valence-corrected chi connectivity index (χ4v) is 2.72. The maximum absolute atomic E-state index is 12.6. The van der Waals surface area contributed by atoms with Gasteiger partial charge >= 0.3 is 0 Å². The van der Waals surface area contributed by atoms with Gasteiger partial charge in [0.1, 0.15) is 12.7 Å². The van der Waals surface area contributed by atoms with Crippen molar-refractivity contribution >= 4 is 22.7 Å². The average molecular weight is 346 g/mol. The van der Waals surface area contributed by atoms with Gasteiger partial charge in [0.05, 0.1) is 18.2 Å². The van der Waals surface area contributed by atoms with Crippen LogP contribution in [0.1, 0.15) is 16.9 Å². The van der Waals surface area contributed by atoms with E-state index in [4.69, 9.17) is 9.47 Å². The van der Waals surface area contributed by atoms with Gasteiger partial charge in [-0.2, -0.15) is 5.10 Å². The van der Waals surface area contributed by atoms with Crippen molar-refractivity contribution in [1.82, 2.24) is 20.4 Å². The predicted octanol–water partition coefficient (Wildman–Crippen LogP) is 0.555. The van der Waals surface area contributed by atoms with Gasteiger partial charge in [0.25, 0.3) is 5.91 Å². The summed E-state index contributed by atoms with van der Waals surface area (Å²) in [4.78, 5) is 25.8. The number of H-pyrrole nitrogens is 1. The summed E-state index contributed by atoms with van der Waals surface area (Å²) in [6.07, 6.45) is 0.251. The summed E-state index contributed by atoms with van der Waals surface area (Å²) in [7, 11) is 3.34.